The first-order valence-electron chi connectivity index (χ1n) is 11.6. The molecule has 10 nitrogen and oxygen atoms in total. The lowest BCUT2D eigenvalue weighted by Gasteiger charge is -2.49. The molecule has 1 N–H and O–H groups in total. The van der Waals surface area contributed by atoms with Gasteiger partial charge in [-0.05, 0) is 50.9 Å². The summed E-state index contributed by atoms with van der Waals surface area (Å²) >= 11 is 1.07. The first kappa shape index (κ1) is 27.6. The van der Waals surface area contributed by atoms with Crippen LogP contribution in [0.25, 0.3) is 0 Å². The number of hydrogen-bond donors (Lipinski definition) is 1. The molecule has 3 rings (SSSR count). The first-order valence-corrected chi connectivity index (χ1v) is 15.9. The number of benzene rings is 1. The van der Waals surface area contributed by atoms with Crippen LogP contribution in [-0.4, -0.2) is 59.8 Å². The maximum absolute atomic E-state index is 13.2. The largest absolute Gasteiger partial charge is 0.477 e. The lowest BCUT2D eigenvalue weighted by atomic mass is 9.76. The van der Waals surface area contributed by atoms with Gasteiger partial charge in [-0.25, -0.2) is 9.59 Å². The Kier molecular flexibility index (Phi) is 8.42. The van der Waals surface area contributed by atoms with Gasteiger partial charge in [0.2, 0.25) is 5.91 Å². The highest BCUT2D eigenvalue weighted by atomic mass is 32.2. The van der Waals surface area contributed by atoms with E-state index in [2.05, 4.69) is 0 Å². The quantitative estimate of drug-likeness (QED) is 0.112. The number of hydrogen-bond acceptors (Lipinski definition) is 8. The minimum Gasteiger partial charge on any atom is -0.477 e. The van der Waals surface area contributed by atoms with Crippen LogP contribution in [0.4, 0.5) is 5.69 Å². The summed E-state index contributed by atoms with van der Waals surface area (Å²) in [6, 6.07) is 5.63. The molecule has 12 heteroatoms. The molecule has 0 spiro atoms. The van der Waals surface area contributed by atoms with Gasteiger partial charge in [0.05, 0.1) is 29.6 Å². The lowest BCUT2D eigenvalue weighted by Crippen LogP contribution is -2.65. The molecule has 194 valence electrons. The molecule has 1 unspecified atom stereocenters. The first-order chi connectivity index (χ1) is 16.9. The van der Waals surface area contributed by atoms with E-state index in [0.29, 0.717) is 11.3 Å². The number of ether oxygens (including phenoxy) is 1. The smallest absolute Gasteiger partial charge is 0.353 e. The zero-order valence-electron chi connectivity index (χ0n) is 20.8. The predicted octanol–water partition coefficient (Wildman–Crippen LogP) is 3.94. The van der Waals surface area contributed by atoms with Gasteiger partial charge in [-0.1, -0.05) is 23.9 Å². The van der Waals surface area contributed by atoms with Crippen LogP contribution in [0.2, 0.25) is 19.6 Å². The van der Waals surface area contributed by atoms with Crippen LogP contribution in [0, 0.1) is 22.0 Å². The van der Waals surface area contributed by atoms with Crippen molar-refractivity contribution in [3.63, 3.8) is 0 Å². The van der Waals surface area contributed by atoms with Gasteiger partial charge in [0.25, 0.3) is 5.69 Å². The highest BCUT2D eigenvalue weighted by Crippen LogP contribution is 2.52. The van der Waals surface area contributed by atoms with Crippen LogP contribution in [0.1, 0.15) is 19.4 Å². The molecule has 1 aromatic carbocycles. The second-order valence-corrected chi connectivity index (χ2v) is 15.0. The third-order valence-electron chi connectivity index (χ3n) is 5.95. The molecule has 1 fully saturated rings. The number of nitrogens with zero attached hydrogens (tertiary/aromatic N) is 2. The maximum atomic E-state index is 13.2. The fraction of sp³-hybridized carbons (Fsp3) is 0.458. The Balaban J connectivity index is 1.99. The van der Waals surface area contributed by atoms with Gasteiger partial charge >= 0.3 is 11.9 Å². The summed E-state index contributed by atoms with van der Waals surface area (Å²) in [4.78, 5) is 49.6. The van der Waals surface area contributed by atoms with E-state index >= 15 is 0 Å². The Labute approximate surface area is 214 Å². The lowest BCUT2D eigenvalue weighted by molar-refractivity contribution is -0.384. The van der Waals surface area contributed by atoms with E-state index in [1.54, 1.807) is 19.1 Å². The number of nitro groups is 1. The molecule has 0 aliphatic carbocycles. The summed E-state index contributed by atoms with van der Waals surface area (Å²) in [6.07, 6.45) is 1.17. The third kappa shape index (κ3) is 5.88. The number of thioether (sulfide) groups is 1. The molecule has 2 heterocycles. The van der Waals surface area contributed by atoms with E-state index in [-0.39, 0.29) is 23.9 Å². The van der Waals surface area contributed by atoms with Crippen molar-refractivity contribution in [1.82, 2.24) is 4.90 Å². The van der Waals surface area contributed by atoms with Crippen molar-refractivity contribution in [3.8, 4) is 0 Å². The van der Waals surface area contributed by atoms with Gasteiger partial charge in [0, 0.05) is 29.0 Å². The molecule has 4 atom stereocenters. The number of β-lactam (4-membered cyclic amide) rings is 1. The number of carbonyl (C=O) groups is 3. The molecule has 0 radical (unpaired) electrons. The third-order valence-corrected chi connectivity index (χ3v) is 8.05. The van der Waals surface area contributed by atoms with Crippen molar-refractivity contribution in [2.45, 2.75) is 52.1 Å². The summed E-state index contributed by atoms with van der Waals surface area (Å²) in [5.41, 5.74) is 0.614. The molecular weight excluding hydrogens is 504 g/mol. The Bertz CT molecular complexity index is 1110. The minimum absolute atomic E-state index is 0.0469. The standard InChI is InChI=1S/C24H30N2O8SSi/c1-6-33-18(27)11-12-35-22-17(13-15-7-9-16(10-8-15)26(31)32)20-19(14(2)34-36(3,4)5)23(28)25(20)21(22)24(29)30/h7-12,14,17,19-20H,6,13H2,1-5H3,(H,29,30)/b12-11-/t14-,17?,19-,20-/m0/s1. The van der Waals surface area contributed by atoms with Crippen molar-refractivity contribution in [3.05, 3.63) is 62.0 Å². The maximum Gasteiger partial charge on any atom is 0.353 e. The van der Waals surface area contributed by atoms with Gasteiger partial charge in [-0.15, -0.1) is 0 Å². The minimum atomic E-state index is -1.98. The molecule has 0 bridgehead atoms. The average Bonchev–Trinajstić information content (AvgIpc) is 3.03. The number of non-ortho nitro benzene ring substituents is 1. The summed E-state index contributed by atoms with van der Waals surface area (Å²) in [5.74, 6) is -3.02. The van der Waals surface area contributed by atoms with Gasteiger partial charge in [0.15, 0.2) is 8.32 Å². The van der Waals surface area contributed by atoms with Crippen molar-refractivity contribution < 1.29 is 33.6 Å². The molecule has 0 aromatic heterocycles. The number of esters is 1. The average molecular weight is 535 g/mol. The Hall–Kier alpha value is -2.96. The van der Waals surface area contributed by atoms with Crippen LogP contribution < -0.4 is 0 Å². The monoisotopic (exact) mass is 534 g/mol. The van der Waals surface area contributed by atoms with Crippen LogP contribution in [0.15, 0.2) is 46.4 Å². The van der Waals surface area contributed by atoms with Crippen molar-refractivity contribution in [1.29, 1.82) is 0 Å². The van der Waals surface area contributed by atoms with Crippen LogP contribution in [0.5, 0.6) is 0 Å². The molecule has 1 aromatic rings. The summed E-state index contributed by atoms with van der Waals surface area (Å²) in [5, 5.41) is 22.5. The fourth-order valence-electron chi connectivity index (χ4n) is 4.71. The van der Waals surface area contributed by atoms with E-state index in [0.717, 1.165) is 17.3 Å². The zero-order chi connectivity index (χ0) is 26.8. The summed E-state index contributed by atoms with van der Waals surface area (Å²) in [7, 11) is -1.98. The molecule has 2 aliphatic rings. The number of aliphatic carboxylic acids is 1. The van der Waals surface area contributed by atoms with E-state index in [1.807, 2.05) is 26.6 Å². The number of carboxylic acids is 1. The van der Waals surface area contributed by atoms with E-state index in [9.17, 15) is 29.6 Å². The highest BCUT2D eigenvalue weighted by Gasteiger charge is 2.61. The van der Waals surface area contributed by atoms with Gasteiger partial charge < -0.3 is 19.2 Å². The van der Waals surface area contributed by atoms with Crippen molar-refractivity contribution >= 4 is 43.6 Å². The Morgan fingerprint density at radius 2 is 1.92 bits per heavy atom. The number of carbonyl (C=O) groups excluding carboxylic acids is 2. The fourth-order valence-corrected chi connectivity index (χ4v) is 6.99. The Morgan fingerprint density at radius 1 is 1.28 bits per heavy atom. The van der Waals surface area contributed by atoms with E-state index < -0.39 is 49.2 Å². The SMILES string of the molecule is CCOC(=O)/C=C\SC1=C(C(=O)O)N2C(=O)[C@@H]([C@H](C)O[Si](C)(C)C)[C@@H]2C1Cc1ccc([N+](=O)[O-])cc1. The molecule has 2 aliphatic heterocycles. The van der Waals surface area contributed by atoms with Crippen molar-refractivity contribution in [2.24, 2.45) is 11.8 Å². The number of fused-ring (bicyclic) bond motifs is 1. The molecule has 36 heavy (non-hydrogen) atoms. The van der Waals surface area contributed by atoms with Gasteiger partial charge in [-0.2, -0.15) is 0 Å². The van der Waals surface area contributed by atoms with Gasteiger partial charge in [-0.3, -0.25) is 14.9 Å². The summed E-state index contributed by atoms with van der Waals surface area (Å²) < 4.78 is 11.1. The number of carboxylic acid groups (broad SMARTS) is 1. The predicted molar refractivity (Wildman–Crippen MR) is 136 cm³/mol. The molecule has 0 saturated carbocycles. The number of amides is 1. The van der Waals surface area contributed by atoms with Crippen LogP contribution in [-0.2, 0) is 30.0 Å². The topological polar surface area (TPSA) is 136 Å². The normalized spacial score (nSPS) is 22.4. The van der Waals surface area contributed by atoms with Crippen LogP contribution >= 0.6 is 11.8 Å². The molecule has 1 amide bonds. The second kappa shape index (κ2) is 11.0. The van der Waals surface area contributed by atoms with Crippen LogP contribution in [0.3, 0.4) is 0 Å². The summed E-state index contributed by atoms with van der Waals surface area (Å²) in [6.45, 7) is 9.80. The number of rotatable bonds is 11. The highest BCUT2D eigenvalue weighted by molar-refractivity contribution is 8.05. The zero-order valence-corrected chi connectivity index (χ0v) is 22.6. The molecule has 1 saturated heterocycles. The molecular formula is C24H30N2O8SSi. The van der Waals surface area contributed by atoms with Gasteiger partial charge in [0.1, 0.15) is 5.70 Å². The number of nitro benzene ring substituents is 1. The second-order valence-electron chi connectivity index (χ2n) is 9.58. The Morgan fingerprint density at radius 3 is 2.44 bits per heavy atom. The van der Waals surface area contributed by atoms with E-state index in [1.165, 1.54) is 28.5 Å². The van der Waals surface area contributed by atoms with E-state index in [4.69, 9.17) is 9.16 Å². The van der Waals surface area contributed by atoms with Crippen molar-refractivity contribution in [2.75, 3.05) is 6.61 Å².